The van der Waals surface area contributed by atoms with Gasteiger partial charge in [0.2, 0.25) is 0 Å². The van der Waals surface area contributed by atoms with Gasteiger partial charge in [0.1, 0.15) is 17.1 Å². The lowest BCUT2D eigenvalue weighted by Gasteiger charge is -2.11. The maximum absolute atomic E-state index is 11.2. The van der Waals surface area contributed by atoms with Crippen LogP contribution < -0.4 is 21.3 Å². The number of hydrazine groups is 1. The molecule has 0 spiro atoms. The monoisotopic (exact) mass is 288 g/mol. The minimum Gasteiger partial charge on any atom is -0.496 e. The minimum atomic E-state index is -0.478. The third-order valence-corrected chi connectivity index (χ3v) is 3.05. The number of aryl methyl sites for hydroxylation is 1. The highest BCUT2D eigenvalue weighted by Crippen LogP contribution is 2.34. The Hall–Kier alpha value is -2.80. The van der Waals surface area contributed by atoms with Crippen LogP contribution in [0.15, 0.2) is 36.4 Å². The predicted octanol–water partition coefficient (Wildman–Crippen LogP) is 2.94. The van der Waals surface area contributed by atoms with E-state index in [4.69, 9.17) is 10.6 Å². The molecule has 4 N–H and O–H groups in total. The first-order valence-corrected chi connectivity index (χ1v) is 6.22. The van der Waals surface area contributed by atoms with E-state index >= 15 is 0 Å². The summed E-state index contributed by atoms with van der Waals surface area (Å²) < 4.78 is 5.19. The molecule has 0 radical (unpaired) electrons. The second-order valence-corrected chi connectivity index (χ2v) is 4.41. The Kier molecular flexibility index (Phi) is 4.24. The van der Waals surface area contributed by atoms with Crippen LogP contribution in [-0.2, 0) is 0 Å². The molecule has 2 aromatic rings. The van der Waals surface area contributed by atoms with Gasteiger partial charge in [-0.3, -0.25) is 16.0 Å². The Labute approximate surface area is 121 Å². The molecule has 0 heterocycles. The number of nitrogens with two attached hydrogens (primary N) is 1. The number of ether oxygens (including phenoxy) is 1. The number of nitro groups is 1. The predicted molar refractivity (Wildman–Crippen MR) is 81.9 cm³/mol. The van der Waals surface area contributed by atoms with Crippen LogP contribution in [0.2, 0.25) is 0 Å². The van der Waals surface area contributed by atoms with E-state index in [9.17, 15) is 10.1 Å². The quantitative estimate of drug-likeness (QED) is 0.444. The summed E-state index contributed by atoms with van der Waals surface area (Å²) in [5.74, 6) is 6.07. The third-order valence-electron chi connectivity index (χ3n) is 3.05. The first-order valence-electron chi connectivity index (χ1n) is 6.22. The van der Waals surface area contributed by atoms with Crippen molar-refractivity contribution in [3.05, 3.63) is 52.1 Å². The lowest BCUT2D eigenvalue weighted by molar-refractivity contribution is -0.383. The number of hydrogen-bond acceptors (Lipinski definition) is 6. The second kappa shape index (κ2) is 6.10. The Bertz CT molecular complexity index is 673. The molecule has 21 heavy (non-hydrogen) atoms. The highest BCUT2D eigenvalue weighted by molar-refractivity contribution is 5.79. The number of methoxy groups -OCH3 is 1. The average molecular weight is 288 g/mol. The lowest BCUT2D eigenvalue weighted by atomic mass is 10.1. The summed E-state index contributed by atoms with van der Waals surface area (Å²) in [6.07, 6.45) is 0. The Morgan fingerprint density at radius 3 is 2.52 bits per heavy atom. The smallest absolute Gasteiger partial charge is 0.316 e. The number of nitro benzene ring substituents is 1. The molecule has 0 fully saturated rings. The molecule has 0 amide bonds. The van der Waals surface area contributed by atoms with Crippen molar-refractivity contribution in [2.24, 2.45) is 5.84 Å². The Morgan fingerprint density at radius 1 is 1.24 bits per heavy atom. The summed E-state index contributed by atoms with van der Waals surface area (Å²) in [5.41, 5.74) is 4.49. The maximum atomic E-state index is 11.2. The van der Waals surface area contributed by atoms with Gasteiger partial charge in [-0.25, -0.2) is 0 Å². The van der Waals surface area contributed by atoms with E-state index in [-0.39, 0.29) is 11.4 Å². The molecule has 0 saturated heterocycles. The van der Waals surface area contributed by atoms with Crippen molar-refractivity contribution >= 4 is 22.7 Å². The highest BCUT2D eigenvalue weighted by atomic mass is 16.6. The van der Waals surface area contributed by atoms with E-state index < -0.39 is 4.92 Å². The van der Waals surface area contributed by atoms with Gasteiger partial charge in [0, 0.05) is 5.69 Å². The molecule has 0 aliphatic rings. The van der Waals surface area contributed by atoms with Crippen molar-refractivity contribution in [3.63, 3.8) is 0 Å². The van der Waals surface area contributed by atoms with Crippen LogP contribution in [0.3, 0.4) is 0 Å². The first-order chi connectivity index (χ1) is 10.1. The second-order valence-electron chi connectivity index (χ2n) is 4.41. The van der Waals surface area contributed by atoms with Crippen molar-refractivity contribution in [2.75, 3.05) is 17.9 Å². The van der Waals surface area contributed by atoms with Crippen LogP contribution in [0.1, 0.15) is 5.56 Å². The normalized spacial score (nSPS) is 10.0. The molecular formula is C14H16N4O3. The van der Waals surface area contributed by atoms with Crippen molar-refractivity contribution < 1.29 is 9.66 Å². The number of rotatable bonds is 5. The van der Waals surface area contributed by atoms with Crippen molar-refractivity contribution in [1.82, 2.24) is 0 Å². The van der Waals surface area contributed by atoms with Gasteiger partial charge in [-0.2, -0.15) is 0 Å². The minimum absolute atomic E-state index is 0.103. The zero-order valence-corrected chi connectivity index (χ0v) is 11.7. The molecule has 0 aliphatic carbocycles. The topological polar surface area (TPSA) is 102 Å². The van der Waals surface area contributed by atoms with Crippen molar-refractivity contribution in [2.45, 2.75) is 6.92 Å². The molecule has 0 unspecified atom stereocenters. The number of nitrogen functional groups attached to an aromatic ring is 1. The van der Waals surface area contributed by atoms with Gasteiger partial charge in [-0.05, 0) is 42.8 Å². The lowest BCUT2D eigenvalue weighted by Crippen LogP contribution is -2.10. The zero-order chi connectivity index (χ0) is 15.4. The molecule has 0 bridgehead atoms. The van der Waals surface area contributed by atoms with E-state index in [1.54, 1.807) is 37.4 Å². The molecular weight excluding hydrogens is 272 g/mol. The molecule has 2 aromatic carbocycles. The summed E-state index contributed by atoms with van der Waals surface area (Å²) in [5, 5.41) is 14.2. The summed E-state index contributed by atoms with van der Waals surface area (Å²) >= 11 is 0. The number of anilines is 3. The molecule has 2 rings (SSSR count). The Morgan fingerprint density at radius 2 is 1.95 bits per heavy atom. The van der Waals surface area contributed by atoms with Gasteiger partial charge in [-0.15, -0.1) is 0 Å². The number of hydrogen-bond donors (Lipinski definition) is 3. The summed E-state index contributed by atoms with van der Waals surface area (Å²) in [7, 11) is 1.59. The number of nitrogens with one attached hydrogen (secondary N) is 2. The number of para-hydroxylation sites is 1. The first kappa shape index (κ1) is 14.6. The molecule has 7 heteroatoms. The van der Waals surface area contributed by atoms with E-state index in [2.05, 4.69) is 10.7 Å². The van der Waals surface area contributed by atoms with E-state index in [1.807, 2.05) is 13.0 Å². The van der Waals surface area contributed by atoms with Gasteiger partial charge in [0.05, 0.1) is 12.0 Å². The van der Waals surface area contributed by atoms with Gasteiger partial charge < -0.3 is 15.5 Å². The zero-order valence-electron chi connectivity index (χ0n) is 11.7. The number of nitrogens with zero attached hydrogens (tertiary/aromatic N) is 1. The highest BCUT2D eigenvalue weighted by Gasteiger charge is 2.19. The molecule has 0 saturated carbocycles. The van der Waals surface area contributed by atoms with E-state index in [0.29, 0.717) is 5.69 Å². The van der Waals surface area contributed by atoms with Crippen LogP contribution in [-0.4, -0.2) is 12.0 Å². The number of benzene rings is 2. The SMILES string of the molecule is COc1ccc(Nc2cccc(NN)c2[N+](=O)[O-])cc1C. The summed E-state index contributed by atoms with van der Waals surface area (Å²) in [4.78, 5) is 10.7. The standard InChI is InChI=1S/C14H16N4O3/c1-9-8-10(6-7-13(9)21-2)16-11-4-3-5-12(17-15)14(11)18(19)20/h3-8,16-17H,15H2,1-2H3. The maximum Gasteiger partial charge on any atom is 0.316 e. The molecule has 0 atom stereocenters. The van der Waals surface area contributed by atoms with Crippen molar-refractivity contribution in [1.29, 1.82) is 0 Å². The van der Waals surface area contributed by atoms with Crippen LogP contribution in [0, 0.1) is 17.0 Å². The largest absolute Gasteiger partial charge is 0.496 e. The Balaban J connectivity index is 2.40. The average Bonchev–Trinajstić information content (AvgIpc) is 2.46. The fraction of sp³-hybridized carbons (Fsp3) is 0.143. The van der Waals surface area contributed by atoms with Crippen LogP contribution in [0.4, 0.5) is 22.7 Å². The van der Waals surface area contributed by atoms with Gasteiger partial charge in [0.15, 0.2) is 0 Å². The van der Waals surface area contributed by atoms with Crippen molar-refractivity contribution in [3.8, 4) is 5.75 Å². The molecule has 0 aliphatic heterocycles. The molecule has 0 aromatic heterocycles. The van der Waals surface area contributed by atoms with E-state index in [0.717, 1.165) is 17.0 Å². The molecule has 110 valence electrons. The van der Waals surface area contributed by atoms with Crippen LogP contribution in [0.5, 0.6) is 5.75 Å². The van der Waals surface area contributed by atoms with Gasteiger partial charge >= 0.3 is 5.69 Å². The van der Waals surface area contributed by atoms with Crippen LogP contribution in [0.25, 0.3) is 0 Å². The molecule has 7 nitrogen and oxygen atoms in total. The fourth-order valence-electron chi connectivity index (χ4n) is 2.07. The van der Waals surface area contributed by atoms with Crippen LogP contribution >= 0.6 is 0 Å². The van der Waals surface area contributed by atoms with Gasteiger partial charge in [-0.1, -0.05) is 6.07 Å². The summed E-state index contributed by atoms with van der Waals surface area (Å²) in [6, 6.07) is 10.3. The third kappa shape index (κ3) is 3.03. The van der Waals surface area contributed by atoms with E-state index in [1.165, 1.54) is 0 Å². The summed E-state index contributed by atoms with van der Waals surface area (Å²) in [6.45, 7) is 1.90. The fourth-order valence-corrected chi connectivity index (χ4v) is 2.07. The van der Waals surface area contributed by atoms with Gasteiger partial charge in [0.25, 0.3) is 0 Å².